The Kier molecular flexibility index (Phi) is 11.9. The fraction of sp³-hybridized carbons (Fsp3) is 0.0400. The first-order valence-electron chi connectivity index (χ1n) is 36.5. The van der Waals surface area contributed by atoms with Gasteiger partial charge in [0.25, 0.3) is 0 Å². The summed E-state index contributed by atoms with van der Waals surface area (Å²) in [6.45, 7) is 0. The fourth-order valence-electron chi connectivity index (χ4n) is 20.0. The van der Waals surface area contributed by atoms with E-state index in [1.165, 1.54) is 139 Å². The quantitative estimate of drug-likeness (QED) is 0.111. The SMILES string of the molecule is C1=Cc2c(n(-c3ccc4c(c3)C3(c5ccccc5-c5ccccc53)c3cc(N(c5ccccc5)c5c6ccccc6c(N(c6ccccc6)c6ccc7c(c6)C6(c8ccccc8-c8ccccc86)c6cc(-n8c9ccccc9c9ccccc98)ccc6-7)c6ccccc56)ccc3-4)c3ccccc23)CC1. The van der Waals surface area contributed by atoms with Crippen molar-refractivity contribution in [1.29, 1.82) is 0 Å². The van der Waals surface area contributed by atoms with Gasteiger partial charge in [0, 0.05) is 83.1 Å². The second-order valence-electron chi connectivity index (χ2n) is 28.8. The molecule has 23 rings (SSSR count). The third kappa shape index (κ3) is 7.55. The van der Waals surface area contributed by atoms with E-state index >= 15 is 0 Å². The Bertz CT molecular complexity index is 6560. The lowest BCUT2D eigenvalue weighted by Crippen LogP contribution is -2.26. The monoisotopic (exact) mass is 1320 g/mol. The first-order chi connectivity index (χ1) is 51.6. The average molecular weight is 1320 g/mol. The number of hydrogen-bond acceptors (Lipinski definition) is 2. The van der Waals surface area contributed by atoms with Gasteiger partial charge < -0.3 is 18.9 Å². The highest BCUT2D eigenvalue weighted by atomic mass is 15.2. The Morgan fingerprint density at radius 3 is 0.981 bits per heavy atom. The Hall–Kier alpha value is -13.3. The summed E-state index contributed by atoms with van der Waals surface area (Å²) in [5, 5.41) is 8.37. The molecular formula is C100H64N4. The number of benzene rings is 16. The molecule has 0 fully saturated rings. The van der Waals surface area contributed by atoms with Crippen molar-refractivity contribution >= 4 is 94.5 Å². The van der Waals surface area contributed by atoms with Crippen molar-refractivity contribution in [3.63, 3.8) is 0 Å². The number of nitrogens with zero attached hydrogens (tertiary/aromatic N) is 4. The Morgan fingerprint density at radius 1 is 0.240 bits per heavy atom. The van der Waals surface area contributed by atoms with Crippen molar-refractivity contribution in [2.45, 2.75) is 23.7 Å². The Labute approximate surface area is 602 Å². The number of para-hydroxylation sites is 5. The minimum atomic E-state index is -0.648. The lowest BCUT2D eigenvalue weighted by atomic mass is 9.70. The van der Waals surface area contributed by atoms with Crippen LogP contribution in [0.5, 0.6) is 0 Å². The van der Waals surface area contributed by atoms with Gasteiger partial charge in [-0.1, -0.05) is 273 Å². The highest BCUT2D eigenvalue weighted by Crippen LogP contribution is 2.67. The van der Waals surface area contributed by atoms with Crippen molar-refractivity contribution in [3.05, 3.63) is 414 Å². The third-order valence-corrected chi connectivity index (χ3v) is 23.9. The minimum absolute atomic E-state index is 0.633. The van der Waals surface area contributed by atoms with Crippen LogP contribution in [0, 0.1) is 0 Å². The lowest BCUT2D eigenvalue weighted by Gasteiger charge is -2.35. The van der Waals surface area contributed by atoms with Gasteiger partial charge in [0.1, 0.15) is 0 Å². The zero-order chi connectivity index (χ0) is 67.9. The van der Waals surface area contributed by atoms with Crippen LogP contribution in [-0.4, -0.2) is 9.13 Å². The first kappa shape index (κ1) is 57.5. The highest BCUT2D eigenvalue weighted by Gasteiger charge is 2.54. The summed E-state index contributed by atoms with van der Waals surface area (Å²) in [4.78, 5) is 5.14. The lowest BCUT2D eigenvalue weighted by molar-refractivity contribution is 0.791. The maximum atomic E-state index is 2.57. The van der Waals surface area contributed by atoms with E-state index in [0.717, 1.165) is 74.2 Å². The molecular weight excluding hydrogens is 1260 g/mol. The number of fused-ring (bicyclic) bond motifs is 28. The number of aromatic nitrogens is 2. The predicted molar refractivity (Wildman–Crippen MR) is 432 cm³/mol. The number of rotatable bonds is 8. The number of anilines is 6. The molecule has 0 amide bonds. The van der Waals surface area contributed by atoms with Gasteiger partial charge in [-0.25, -0.2) is 0 Å². The molecule has 2 aromatic heterocycles. The zero-order valence-electron chi connectivity index (χ0n) is 56.8. The second-order valence-corrected chi connectivity index (χ2v) is 28.8. The molecule has 0 saturated heterocycles. The molecule has 0 radical (unpaired) electrons. The van der Waals surface area contributed by atoms with Gasteiger partial charge in [-0.05, 0) is 193 Å². The zero-order valence-corrected chi connectivity index (χ0v) is 56.8. The first-order valence-corrected chi connectivity index (χ1v) is 36.5. The van der Waals surface area contributed by atoms with Crippen LogP contribution in [0.3, 0.4) is 0 Å². The topological polar surface area (TPSA) is 16.3 Å². The normalized spacial score (nSPS) is 14.0. The van der Waals surface area contributed by atoms with E-state index < -0.39 is 10.8 Å². The molecule has 0 aliphatic heterocycles. The van der Waals surface area contributed by atoms with Gasteiger partial charge >= 0.3 is 0 Å². The van der Waals surface area contributed by atoms with E-state index in [9.17, 15) is 0 Å². The van der Waals surface area contributed by atoms with Crippen molar-refractivity contribution in [2.24, 2.45) is 0 Å². The van der Waals surface area contributed by atoms with E-state index in [1.54, 1.807) is 0 Å². The molecule has 484 valence electrons. The van der Waals surface area contributed by atoms with Crippen LogP contribution >= 0.6 is 0 Å². The fourth-order valence-corrected chi connectivity index (χ4v) is 20.0. The molecule has 0 atom stereocenters. The van der Waals surface area contributed by atoms with E-state index in [0.29, 0.717) is 0 Å². The summed E-state index contributed by atoms with van der Waals surface area (Å²) in [5.74, 6) is 0. The van der Waals surface area contributed by atoms with Crippen molar-refractivity contribution in [2.75, 3.05) is 9.80 Å². The van der Waals surface area contributed by atoms with E-state index in [2.05, 4.69) is 383 Å². The molecule has 0 saturated carbocycles. The summed E-state index contributed by atoms with van der Waals surface area (Å²) in [6, 6.07) is 134. The molecule has 16 aromatic carbocycles. The van der Waals surface area contributed by atoms with Crippen molar-refractivity contribution in [3.8, 4) is 55.9 Å². The molecule has 0 N–H and O–H groups in total. The minimum Gasteiger partial charge on any atom is -0.313 e. The predicted octanol–water partition coefficient (Wildman–Crippen LogP) is 25.6. The van der Waals surface area contributed by atoms with Gasteiger partial charge in [0.2, 0.25) is 0 Å². The summed E-state index contributed by atoms with van der Waals surface area (Å²) in [7, 11) is 0. The highest BCUT2D eigenvalue weighted by molar-refractivity contribution is 6.24. The van der Waals surface area contributed by atoms with Gasteiger partial charge in [0.15, 0.2) is 0 Å². The second kappa shape index (κ2) is 21.6. The Morgan fingerprint density at radius 2 is 0.558 bits per heavy atom. The van der Waals surface area contributed by atoms with Gasteiger partial charge in [0.05, 0.1) is 38.8 Å². The molecule has 2 heterocycles. The molecule has 104 heavy (non-hydrogen) atoms. The molecule has 4 nitrogen and oxygen atoms in total. The van der Waals surface area contributed by atoms with Crippen LogP contribution in [0.1, 0.15) is 62.2 Å². The smallest absolute Gasteiger partial charge is 0.0727 e. The maximum Gasteiger partial charge on any atom is 0.0727 e. The molecule has 2 spiro atoms. The molecule has 5 aliphatic rings. The Balaban J connectivity index is 0.746. The van der Waals surface area contributed by atoms with E-state index in [-0.39, 0.29) is 0 Å². The van der Waals surface area contributed by atoms with Gasteiger partial charge in [-0.3, -0.25) is 0 Å². The van der Waals surface area contributed by atoms with Crippen LogP contribution in [0.25, 0.3) is 116 Å². The van der Waals surface area contributed by atoms with E-state index in [4.69, 9.17) is 0 Å². The van der Waals surface area contributed by atoms with Crippen molar-refractivity contribution < 1.29 is 0 Å². The number of hydrogen-bond donors (Lipinski definition) is 0. The summed E-state index contributed by atoms with van der Waals surface area (Å²) >= 11 is 0. The van der Waals surface area contributed by atoms with Crippen LogP contribution in [0.4, 0.5) is 34.1 Å². The molecule has 4 heteroatoms. The van der Waals surface area contributed by atoms with E-state index in [1.807, 2.05) is 0 Å². The number of allylic oxidation sites excluding steroid dienone is 1. The third-order valence-electron chi connectivity index (χ3n) is 23.9. The molecule has 0 unspecified atom stereocenters. The molecule has 18 aromatic rings. The van der Waals surface area contributed by atoms with Crippen LogP contribution < -0.4 is 9.80 Å². The van der Waals surface area contributed by atoms with Crippen LogP contribution in [0.15, 0.2) is 358 Å². The average Bonchev–Trinajstić information content (AvgIpc) is 1.50. The molecule has 0 bridgehead atoms. The maximum absolute atomic E-state index is 2.57. The van der Waals surface area contributed by atoms with Gasteiger partial charge in [-0.15, -0.1) is 0 Å². The summed E-state index contributed by atoms with van der Waals surface area (Å²) in [6.07, 6.45) is 6.71. The summed E-state index contributed by atoms with van der Waals surface area (Å²) < 4.78 is 5.05. The molecule has 5 aliphatic carbocycles. The van der Waals surface area contributed by atoms with Crippen LogP contribution in [0.2, 0.25) is 0 Å². The van der Waals surface area contributed by atoms with Crippen LogP contribution in [-0.2, 0) is 17.3 Å². The largest absolute Gasteiger partial charge is 0.313 e. The summed E-state index contributed by atoms with van der Waals surface area (Å²) in [5.41, 5.74) is 34.6. The standard InChI is InChI=1S/C100H64N4/c1-3-27-63(28-4-1)101(65-51-55-73-75-57-53-67(103-93-47-23-15-35-77(93)78-36-16-24-48-94(78)103)61-91(75)99(89(73)59-65)85-43-19-11-31-69(85)70-32-12-20-44-86(70)99)97-81-39-7-9-41-83(81)98(84-42-10-8-40-82(84)97)102(64-29-5-2-6-30-64)66-52-56-74-76-58-54-68(104-95-49-25-17-37-79(95)80-38-18-26-50-96(80)104)62-92(76)100(90(74)60-66)87-45-21-13-33-71(87)72-34-14-22-46-88(72)100/h1-25,27-49,51-62H,26,50H2. The van der Waals surface area contributed by atoms with Crippen molar-refractivity contribution in [1.82, 2.24) is 9.13 Å². The van der Waals surface area contributed by atoms with Gasteiger partial charge in [-0.2, -0.15) is 0 Å².